The van der Waals surface area contributed by atoms with E-state index < -0.39 is 5.91 Å². The van der Waals surface area contributed by atoms with Gasteiger partial charge in [0.1, 0.15) is 0 Å². The first-order valence-electron chi connectivity index (χ1n) is 9.41. The van der Waals surface area contributed by atoms with Gasteiger partial charge in [-0.05, 0) is 30.5 Å². The van der Waals surface area contributed by atoms with Crippen molar-refractivity contribution in [2.45, 2.75) is 39.5 Å². The van der Waals surface area contributed by atoms with Crippen molar-refractivity contribution in [3.05, 3.63) is 69.8 Å². The number of carbonyl (C=O) groups excluding carboxylic acids is 1. The van der Waals surface area contributed by atoms with Crippen LogP contribution in [0.5, 0.6) is 0 Å². The van der Waals surface area contributed by atoms with Crippen molar-refractivity contribution < 1.29 is 4.79 Å². The Kier molecular flexibility index (Phi) is 7.37. The van der Waals surface area contributed by atoms with Crippen LogP contribution < -0.4 is 10.2 Å². The van der Waals surface area contributed by atoms with Crippen LogP contribution in [-0.2, 0) is 4.79 Å². The summed E-state index contributed by atoms with van der Waals surface area (Å²) in [5, 5.41) is 11.6. The first kappa shape index (κ1) is 20.7. The summed E-state index contributed by atoms with van der Waals surface area (Å²) in [6, 6.07) is 9.32. The number of nitrogens with zero attached hydrogens (tertiary/aromatic N) is 4. The maximum atomic E-state index is 12.4. The van der Waals surface area contributed by atoms with Gasteiger partial charge >= 0.3 is 0 Å². The Labute approximate surface area is 166 Å². The molecule has 0 spiro atoms. The molecular formula is C22H23N5O. The number of amides is 1. The molecule has 0 aliphatic carbocycles. The van der Waals surface area contributed by atoms with Gasteiger partial charge in [0.05, 0.1) is 30.5 Å². The van der Waals surface area contributed by atoms with E-state index in [2.05, 4.69) is 33.8 Å². The molecule has 1 aromatic rings. The highest BCUT2D eigenvalue weighted by Crippen LogP contribution is 2.32. The van der Waals surface area contributed by atoms with E-state index in [0.29, 0.717) is 5.56 Å². The summed E-state index contributed by atoms with van der Waals surface area (Å²) in [6.07, 6.45) is 4.48. The third kappa shape index (κ3) is 4.40. The van der Waals surface area contributed by atoms with E-state index in [1.165, 1.54) is 0 Å². The van der Waals surface area contributed by atoms with Gasteiger partial charge in [-0.2, -0.15) is 0 Å². The second-order valence-corrected chi connectivity index (χ2v) is 6.48. The molecule has 0 radical (unpaired) electrons. The smallest absolute Gasteiger partial charge is 0.274 e. The number of nitrogens with one attached hydrogen (secondary N) is 1. The molecule has 142 valence electrons. The minimum Gasteiger partial charge on any atom is -0.372 e. The molecule has 0 saturated carbocycles. The normalized spacial score (nSPS) is 14.8. The monoisotopic (exact) mass is 373 g/mol. The van der Waals surface area contributed by atoms with Crippen LogP contribution in [0.3, 0.4) is 0 Å². The maximum absolute atomic E-state index is 12.4. The Morgan fingerprint density at radius 3 is 2.21 bits per heavy atom. The fourth-order valence-corrected chi connectivity index (χ4v) is 3.06. The van der Waals surface area contributed by atoms with Crippen LogP contribution in [0, 0.1) is 24.5 Å². The number of allylic oxidation sites excluding steroid dienone is 1. The van der Waals surface area contributed by atoms with Gasteiger partial charge in [-0.25, -0.2) is 15.0 Å². The topological polar surface area (TPSA) is 64.9 Å². The zero-order valence-corrected chi connectivity index (χ0v) is 16.2. The Balaban J connectivity index is 2.41. The maximum Gasteiger partial charge on any atom is 0.274 e. The summed E-state index contributed by atoms with van der Waals surface area (Å²) >= 11 is 0. The number of rotatable bonds is 8. The molecule has 1 aliphatic rings. The van der Waals surface area contributed by atoms with Gasteiger partial charge in [-0.15, -0.1) is 0 Å². The average Bonchev–Trinajstić information content (AvgIpc) is 3.05. The van der Waals surface area contributed by atoms with Gasteiger partial charge in [0.25, 0.3) is 5.70 Å². The molecule has 0 atom stereocenters. The SMILES string of the molecule is [C-]#[N+]C1=C(c2ccc(N(CCCC)CCCC)cc2)C(=O)N/C1=C(\C#N)[N+]#[C-]. The lowest BCUT2D eigenvalue weighted by molar-refractivity contribution is -0.114. The molecule has 6 nitrogen and oxygen atoms in total. The van der Waals surface area contributed by atoms with Crippen molar-refractivity contribution in [1.29, 1.82) is 5.26 Å². The largest absolute Gasteiger partial charge is 0.372 e. The number of anilines is 1. The molecule has 1 amide bonds. The highest BCUT2D eigenvalue weighted by Gasteiger charge is 2.31. The van der Waals surface area contributed by atoms with E-state index in [-0.39, 0.29) is 22.7 Å². The Hall–Kier alpha value is -3.56. The van der Waals surface area contributed by atoms with Gasteiger partial charge in [-0.3, -0.25) is 4.79 Å². The summed E-state index contributed by atoms with van der Waals surface area (Å²) in [5.74, 6) is -0.459. The molecule has 0 fully saturated rings. The van der Waals surface area contributed by atoms with Gasteiger partial charge in [0.2, 0.25) is 11.6 Å². The van der Waals surface area contributed by atoms with Crippen LogP contribution in [0.15, 0.2) is 41.4 Å². The van der Waals surface area contributed by atoms with Crippen LogP contribution in [0.1, 0.15) is 45.1 Å². The summed E-state index contributed by atoms with van der Waals surface area (Å²) in [6.45, 7) is 20.8. The van der Waals surface area contributed by atoms with Gasteiger partial charge in [-0.1, -0.05) is 38.8 Å². The molecular weight excluding hydrogens is 350 g/mol. The first-order valence-corrected chi connectivity index (χ1v) is 9.41. The van der Waals surface area contributed by atoms with Crippen LogP contribution >= 0.6 is 0 Å². The van der Waals surface area contributed by atoms with Crippen molar-refractivity contribution in [1.82, 2.24) is 5.32 Å². The second kappa shape index (κ2) is 9.95. The molecule has 2 rings (SSSR count). The average molecular weight is 373 g/mol. The van der Waals surface area contributed by atoms with E-state index in [9.17, 15) is 4.79 Å². The minimum atomic E-state index is -0.459. The zero-order chi connectivity index (χ0) is 20.5. The van der Waals surface area contributed by atoms with E-state index in [0.717, 1.165) is 44.5 Å². The molecule has 1 N–H and O–H groups in total. The van der Waals surface area contributed by atoms with Gasteiger partial charge in [0.15, 0.2) is 0 Å². The van der Waals surface area contributed by atoms with Gasteiger partial charge in [0, 0.05) is 18.8 Å². The highest BCUT2D eigenvalue weighted by atomic mass is 16.2. The lowest BCUT2D eigenvalue weighted by Crippen LogP contribution is -2.25. The molecule has 0 saturated heterocycles. The Bertz CT molecular complexity index is 896. The number of carbonyl (C=O) groups is 1. The lowest BCUT2D eigenvalue weighted by Gasteiger charge is -2.25. The summed E-state index contributed by atoms with van der Waals surface area (Å²) < 4.78 is 0. The van der Waals surface area contributed by atoms with Crippen molar-refractivity contribution in [2.24, 2.45) is 0 Å². The Morgan fingerprint density at radius 2 is 1.75 bits per heavy atom. The zero-order valence-electron chi connectivity index (χ0n) is 16.2. The second-order valence-electron chi connectivity index (χ2n) is 6.48. The fraction of sp³-hybridized carbons (Fsp3) is 0.364. The van der Waals surface area contributed by atoms with E-state index in [1.54, 1.807) is 6.07 Å². The molecule has 1 heterocycles. The Morgan fingerprint density at radius 1 is 1.14 bits per heavy atom. The van der Waals surface area contributed by atoms with Crippen LogP contribution in [-0.4, -0.2) is 19.0 Å². The fourth-order valence-electron chi connectivity index (χ4n) is 3.06. The standard InChI is InChI=1S/C22H23N5O/c1-5-7-13-27(14-8-6-2)17-11-9-16(10-12-17)19-21(25-4)20(26-22(19)28)18(15-23)24-3/h9-12H,5-8,13-14H2,1-2H3,(H,26,28)/b20-18+. The molecule has 0 aromatic heterocycles. The van der Waals surface area contributed by atoms with Crippen LogP contribution in [0.25, 0.3) is 15.3 Å². The number of nitriles is 1. The first-order chi connectivity index (χ1) is 13.6. The van der Waals surface area contributed by atoms with E-state index >= 15 is 0 Å². The quantitative estimate of drug-likeness (QED) is 0.539. The van der Waals surface area contributed by atoms with Crippen LogP contribution in [0.2, 0.25) is 0 Å². The van der Waals surface area contributed by atoms with Crippen molar-refractivity contribution in [2.75, 3.05) is 18.0 Å². The molecule has 6 heteroatoms. The van der Waals surface area contributed by atoms with Crippen molar-refractivity contribution in [3.8, 4) is 6.07 Å². The van der Waals surface area contributed by atoms with E-state index in [1.807, 2.05) is 24.3 Å². The molecule has 28 heavy (non-hydrogen) atoms. The third-order valence-electron chi connectivity index (χ3n) is 4.59. The van der Waals surface area contributed by atoms with Gasteiger partial charge < -0.3 is 10.2 Å². The molecule has 0 unspecified atom stereocenters. The lowest BCUT2D eigenvalue weighted by atomic mass is 10.0. The van der Waals surface area contributed by atoms with Crippen molar-refractivity contribution in [3.63, 3.8) is 0 Å². The summed E-state index contributed by atoms with van der Waals surface area (Å²) in [5.41, 5.74) is 1.65. The number of hydrogen-bond acceptors (Lipinski definition) is 3. The molecule has 1 aromatic carbocycles. The number of benzene rings is 1. The number of hydrogen-bond donors (Lipinski definition) is 1. The predicted molar refractivity (Wildman–Crippen MR) is 109 cm³/mol. The highest BCUT2D eigenvalue weighted by molar-refractivity contribution is 6.25. The van der Waals surface area contributed by atoms with Crippen molar-refractivity contribution >= 4 is 17.2 Å². The minimum absolute atomic E-state index is 0.00379. The molecule has 0 bridgehead atoms. The van der Waals surface area contributed by atoms with Crippen LogP contribution in [0.4, 0.5) is 5.69 Å². The molecule has 1 aliphatic heterocycles. The summed E-state index contributed by atoms with van der Waals surface area (Å²) in [7, 11) is 0. The van der Waals surface area contributed by atoms with E-state index in [4.69, 9.17) is 18.4 Å². The number of unbranched alkanes of at least 4 members (excludes halogenated alkanes) is 2. The summed E-state index contributed by atoms with van der Waals surface area (Å²) in [4.78, 5) is 21.3. The predicted octanol–water partition coefficient (Wildman–Crippen LogP) is 4.51. The third-order valence-corrected chi connectivity index (χ3v) is 4.59.